The minimum absolute atomic E-state index is 0.268. The van der Waals surface area contributed by atoms with Crippen LogP contribution in [0.4, 0.5) is 0 Å². The summed E-state index contributed by atoms with van der Waals surface area (Å²) in [6.07, 6.45) is 1.93. The molecule has 3 heteroatoms. The van der Waals surface area contributed by atoms with E-state index in [9.17, 15) is 4.79 Å². The van der Waals surface area contributed by atoms with E-state index >= 15 is 0 Å². The van der Waals surface area contributed by atoms with Crippen LogP contribution in [0.25, 0.3) is 0 Å². The fraction of sp³-hybridized carbons (Fsp3) is 0.533. The molecule has 0 saturated heterocycles. The molecule has 0 amide bonds. The molecule has 0 spiro atoms. The molecular formula is C15H23NO2. The van der Waals surface area contributed by atoms with E-state index < -0.39 is 5.97 Å². The third kappa shape index (κ3) is 4.88. The van der Waals surface area contributed by atoms with E-state index in [2.05, 4.69) is 38.2 Å². The van der Waals surface area contributed by atoms with Crippen LogP contribution in [0.1, 0.15) is 41.5 Å². The second kappa shape index (κ2) is 7.17. The summed E-state index contributed by atoms with van der Waals surface area (Å²) in [5, 5.41) is 11.9. The van der Waals surface area contributed by atoms with E-state index in [0.29, 0.717) is 0 Å². The van der Waals surface area contributed by atoms with E-state index in [1.807, 2.05) is 0 Å². The number of hydrogen-bond donors (Lipinski definition) is 2. The molecule has 0 heterocycles. The lowest BCUT2D eigenvalue weighted by atomic mass is 10.00. The Morgan fingerprint density at radius 2 is 1.78 bits per heavy atom. The predicted octanol–water partition coefficient (Wildman–Crippen LogP) is 2.96. The van der Waals surface area contributed by atoms with Gasteiger partial charge in [0.25, 0.3) is 0 Å². The van der Waals surface area contributed by atoms with Crippen molar-refractivity contribution in [2.45, 2.75) is 46.6 Å². The highest BCUT2D eigenvalue weighted by Gasteiger charge is 2.03. The molecule has 0 aliphatic rings. The minimum Gasteiger partial charge on any atom is -0.481 e. The Bertz CT molecular complexity index is 390. The summed E-state index contributed by atoms with van der Waals surface area (Å²) in [6.45, 7) is 8.14. The molecule has 0 bridgehead atoms. The Hall–Kier alpha value is -1.35. The highest BCUT2D eigenvalue weighted by atomic mass is 16.4. The van der Waals surface area contributed by atoms with E-state index in [-0.39, 0.29) is 6.42 Å². The molecule has 0 aliphatic carbocycles. The first-order valence-electron chi connectivity index (χ1n) is 6.50. The van der Waals surface area contributed by atoms with Crippen molar-refractivity contribution < 1.29 is 9.90 Å². The maximum absolute atomic E-state index is 10.4. The molecule has 0 atom stereocenters. The van der Waals surface area contributed by atoms with Gasteiger partial charge in [0.15, 0.2) is 0 Å². The summed E-state index contributed by atoms with van der Waals surface area (Å²) in [4.78, 5) is 10.4. The number of carbonyl (C=O) groups is 1. The van der Waals surface area contributed by atoms with Gasteiger partial charge >= 0.3 is 5.97 Å². The van der Waals surface area contributed by atoms with E-state index in [1.54, 1.807) is 0 Å². The summed E-state index contributed by atoms with van der Waals surface area (Å²) < 4.78 is 0. The van der Waals surface area contributed by atoms with Crippen LogP contribution in [0.3, 0.4) is 0 Å². The molecular weight excluding hydrogens is 226 g/mol. The van der Waals surface area contributed by atoms with Crippen molar-refractivity contribution in [3.8, 4) is 0 Å². The summed E-state index contributed by atoms with van der Waals surface area (Å²) in [6, 6.07) is 4.41. The summed E-state index contributed by atoms with van der Waals surface area (Å²) in [7, 11) is 0. The number of hydrogen-bond acceptors (Lipinski definition) is 2. The third-order valence-electron chi connectivity index (χ3n) is 3.14. The zero-order chi connectivity index (χ0) is 13.5. The van der Waals surface area contributed by atoms with Gasteiger partial charge in [0, 0.05) is 13.0 Å². The third-order valence-corrected chi connectivity index (χ3v) is 3.14. The van der Waals surface area contributed by atoms with E-state index in [1.165, 1.54) is 22.3 Å². The zero-order valence-electron chi connectivity index (χ0n) is 11.5. The molecule has 1 aromatic carbocycles. The summed E-state index contributed by atoms with van der Waals surface area (Å²) in [5.74, 6) is -0.708. The molecule has 0 fully saturated rings. The van der Waals surface area contributed by atoms with Crippen molar-refractivity contribution >= 4 is 5.97 Å². The average Bonchev–Trinajstić information content (AvgIpc) is 2.25. The fourth-order valence-corrected chi connectivity index (χ4v) is 2.23. The van der Waals surface area contributed by atoms with Gasteiger partial charge in [-0.1, -0.05) is 17.7 Å². The zero-order valence-corrected chi connectivity index (χ0v) is 11.5. The van der Waals surface area contributed by atoms with Gasteiger partial charge in [-0.2, -0.15) is 0 Å². The maximum Gasteiger partial charge on any atom is 0.303 e. The normalized spacial score (nSPS) is 10.6. The molecule has 0 saturated carbocycles. The largest absolute Gasteiger partial charge is 0.481 e. The second-order valence-electron chi connectivity index (χ2n) is 4.90. The van der Waals surface area contributed by atoms with Crippen LogP contribution in [0.2, 0.25) is 0 Å². The molecule has 0 unspecified atom stereocenters. The van der Waals surface area contributed by atoms with Crippen LogP contribution >= 0.6 is 0 Å². The Kier molecular flexibility index (Phi) is 5.86. The smallest absolute Gasteiger partial charge is 0.303 e. The van der Waals surface area contributed by atoms with Gasteiger partial charge in [-0.3, -0.25) is 4.79 Å². The number of unbranched alkanes of at least 4 members (excludes halogenated alkanes) is 1. The second-order valence-corrected chi connectivity index (χ2v) is 4.90. The highest BCUT2D eigenvalue weighted by Crippen LogP contribution is 2.15. The van der Waals surface area contributed by atoms with Crippen LogP contribution in [0, 0.1) is 20.8 Å². The van der Waals surface area contributed by atoms with Crippen molar-refractivity contribution in [1.82, 2.24) is 5.32 Å². The van der Waals surface area contributed by atoms with Crippen molar-refractivity contribution in [2.24, 2.45) is 0 Å². The first kappa shape index (κ1) is 14.7. The molecule has 2 N–H and O–H groups in total. The molecule has 0 aromatic heterocycles. The molecule has 18 heavy (non-hydrogen) atoms. The van der Waals surface area contributed by atoms with E-state index in [4.69, 9.17) is 5.11 Å². The summed E-state index contributed by atoms with van der Waals surface area (Å²) in [5.41, 5.74) is 5.31. The van der Waals surface area contributed by atoms with Gasteiger partial charge < -0.3 is 10.4 Å². The average molecular weight is 249 g/mol. The number of carboxylic acids is 1. The number of aryl methyl sites for hydroxylation is 3. The molecule has 3 nitrogen and oxygen atoms in total. The minimum atomic E-state index is -0.708. The first-order chi connectivity index (χ1) is 8.50. The Labute approximate surface area is 109 Å². The monoisotopic (exact) mass is 249 g/mol. The Balaban J connectivity index is 2.33. The lowest BCUT2D eigenvalue weighted by Crippen LogP contribution is -2.16. The predicted molar refractivity (Wildman–Crippen MR) is 73.8 cm³/mol. The van der Waals surface area contributed by atoms with Crippen molar-refractivity contribution in [3.63, 3.8) is 0 Å². The maximum atomic E-state index is 10.4. The van der Waals surface area contributed by atoms with Crippen LogP contribution in [0.5, 0.6) is 0 Å². The van der Waals surface area contributed by atoms with Crippen LogP contribution in [-0.4, -0.2) is 17.6 Å². The topological polar surface area (TPSA) is 49.3 Å². The Morgan fingerprint density at radius 1 is 1.17 bits per heavy atom. The van der Waals surface area contributed by atoms with Gasteiger partial charge in [0.2, 0.25) is 0 Å². The van der Waals surface area contributed by atoms with Gasteiger partial charge in [-0.25, -0.2) is 0 Å². The highest BCUT2D eigenvalue weighted by molar-refractivity contribution is 5.66. The molecule has 1 aromatic rings. The van der Waals surface area contributed by atoms with Gasteiger partial charge in [-0.15, -0.1) is 0 Å². The molecule has 1 rings (SSSR count). The summed E-state index contributed by atoms with van der Waals surface area (Å²) >= 11 is 0. The quantitative estimate of drug-likeness (QED) is 0.730. The van der Waals surface area contributed by atoms with Gasteiger partial charge in [-0.05, 0) is 56.8 Å². The van der Waals surface area contributed by atoms with Crippen molar-refractivity contribution in [2.75, 3.05) is 6.54 Å². The SMILES string of the molecule is Cc1cc(C)c(CNCCCCC(=O)O)c(C)c1. The van der Waals surface area contributed by atoms with Crippen LogP contribution in [-0.2, 0) is 11.3 Å². The lowest BCUT2D eigenvalue weighted by Gasteiger charge is -2.12. The first-order valence-corrected chi connectivity index (χ1v) is 6.50. The van der Waals surface area contributed by atoms with Crippen molar-refractivity contribution in [3.05, 3.63) is 34.4 Å². The molecule has 0 radical (unpaired) electrons. The number of aliphatic carboxylic acids is 1. The van der Waals surface area contributed by atoms with Gasteiger partial charge in [0.1, 0.15) is 0 Å². The number of rotatable bonds is 7. The van der Waals surface area contributed by atoms with Crippen LogP contribution in [0.15, 0.2) is 12.1 Å². The number of nitrogens with one attached hydrogen (secondary N) is 1. The Morgan fingerprint density at radius 3 is 2.33 bits per heavy atom. The standard InChI is InChI=1S/C15H23NO2/c1-11-8-12(2)14(13(3)9-11)10-16-7-5-4-6-15(17)18/h8-9,16H,4-7,10H2,1-3H3,(H,17,18). The van der Waals surface area contributed by atoms with Crippen LogP contribution < -0.4 is 5.32 Å². The number of carboxylic acid groups (broad SMARTS) is 1. The fourth-order valence-electron chi connectivity index (χ4n) is 2.23. The molecule has 100 valence electrons. The molecule has 0 aliphatic heterocycles. The van der Waals surface area contributed by atoms with Gasteiger partial charge in [0.05, 0.1) is 0 Å². The lowest BCUT2D eigenvalue weighted by molar-refractivity contribution is -0.137. The van der Waals surface area contributed by atoms with Crippen molar-refractivity contribution in [1.29, 1.82) is 0 Å². The van der Waals surface area contributed by atoms with E-state index in [0.717, 1.165) is 25.9 Å². The number of benzene rings is 1.